The molecule has 0 saturated carbocycles. The zero-order chi connectivity index (χ0) is 37.2. The van der Waals surface area contributed by atoms with Gasteiger partial charge in [0.05, 0.1) is 39.2 Å². The van der Waals surface area contributed by atoms with Gasteiger partial charge >= 0.3 is 0 Å². The van der Waals surface area contributed by atoms with E-state index >= 15 is 0 Å². The van der Waals surface area contributed by atoms with Gasteiger partial charge in [0.15, 0.2) is 0 Å². The molecule has 0 N–H and O–H groups in total. The number of para-hydroxylation sites is 2. The van der Waals surface area contributed by atoms with Crippen molar-refractivity contribution in [2.24, 2.45) is 0 Å². The van der Waals surface area contributed by atoms with Gasteiger partial charge in [0.2, 0.25) is 0 Å². The molecular weight excluding hydrogens is 683 g/mol. The van der Waals surface area contributed by atoms with Gasteiger partial charge in [0, 0.05) is 45.0 Å². The van der Waals surface area contributed by atoms with Gasteiger partial charge < -0.3 is 4.57 Å². The fourth-order valence-corrected chi connectivity index (χ4v) is 8.43. The summed E-state index contributed by atoms with van der Waals surface area (Å²) in [5.74, 6) is 0.713. The number of hydrogen-bond donors (Lipinski definition) is 0. The van der Waals surface area contributed by atoms with E-state index in [2.05, 4.69) is 166 Å². The van der Waals surface area contributed by atoms with Crippen LogP contribution in [0.25, 0.3) is 99.4 Å². The summed E-state index contributed by atoms with van der Waals surface area (Å²) in [7, 11) is 0. The molecule has 0 aliphatic rings. The minimum absolute atomic E-state index is 0.591. The highest BCUT2D eigenvalue weighted by atomic mass is 15.1. The van der Waals surface area contributed by atoms with Crippen LogP contribution in [0.5, 0.6) is 0 Å². The molecule has 5 nitrogen and oxygen atoms in total. The topological polar surface area (TPSA) is 59.4 Å². The zero-order valence-electron chi connectivity index (χ0n) is 30.1. The summed E-state index contributed by atoms with van der Waals surface area (Å²) >= 11 is 0. The monoisotopic (exact) mass is 713 g/mol. The Kier molecular flexibility index (Phi) is 7.16. The average molecular weight is 714 g/mol. The molecule has 0 amide bonds. The second-order valence-corrected chi connectivity index (χ2v) is 14.2. The SMILES string of the molecule is N#Cc1cc(-n2c3ccccc3c3cc(-c4ccc5c(c4)c4ccccc4n5-c4cccc(-c5ccccc5)c4)ccc32)nc2cc(-c3ccncc3)ccc12. The maximum atomic E-state index is 10.3. The van der Waals surface area contributed by atoms with E-state index in [4.69, 9.17) is 4.98 Å². The first kappa shape index (κ1) is 31.7. The van der Waals surface area contributed by atoms with E-state index in [0.29, 0.717) is 11.4 Å². The third kappa shape index (κ3) is 5.01. The normalized spacial score (nSPS) is 11.6. The van der Waals surface area contributed by atoms with Crippen molar-refractivity contribution in [1.82, 2.24) is 19.1 Å². The minimum atomic E-state index is 0.591. The lowest BCUT2D eigenvalue weighted by Gasteiger charge is -2.11. The summed E-state index contributed by atoms with van der Waals surface area (Å²) in [6.07, 6.45) is 3.58. The van der Waals surface area contributed by atoms with Crippen molar-refractivity contribution in [3.63, 3.8) is 0 Å². The van der Waals surface area contributed by atoms with E-state index in [1.165, 1.54) is 32.9 Å². The number of rotatable bonds is 5. The minimum Gasteiger partial charge on any atom is -0.309 e. The second-order valence-electron chi connectivity index (χ2n) is 14.2. The Balaban J connectivity index is 1.06. The molecule has 0 atom stereocenters. The Bertz CT molecular complexity index is 3370. The summed E-state index contributed by atoms with van der Waals surface area (Å²) in [6, 6.07) is 64.4. The van der Waals surface area contributed by atoms with Crippen molar-refractivity contribution >= 4 is 54.5 Å². The lowest BCUT2D eigenvalue weighted by atomic mass is 10.0. The molecule has 0 saturated heterocycles. The van der Waals surface area contributed by atoms with Gasteiger partial charge in [-0.1, -0.05) is 103 Å². The largest absolute Gasteiger partial charge is 0.309 e. The van der Waals surface area contributed by atoms with Crippen LogP contribution in [0.1, 0.15) is 5.56 Å². The molecule has 0 bridgehead atoms. The average Bonchev–Trinajstić information content (AvgIpc) is 3.78. The third-order valence-corrected chi connectivity index (χ3v) is 11.0. The molecule has 11 rings (SSSR count). The molecule has 0 aliphatic heterocycles. The molecule has 260 valence electrons. The lowest BCUT2D eigenvalue weighted by molar-refractivity contribution is 1.10. The van der Waals surface area contributed by atoms with Crippen molar-refractivity contribution < 1.29 is 0 Å². The number of nitriles is 1. The Labute approximate surface area is 322 Å². The van der Waals surface area contributed by atoms with Crippen LogP contribution in [0.2, 0.25) is 0 Å². The van der Waals surface area contributed by atoms with Gasteiger partial charge in [-0.25, -0.2) is 4.98 Å². The van der Waals surface area contributed by atoms with E-state index in [1.807, 2.05) is 30.3 Å². The van der Waals surface area contributed by atoms with E-state index in [0.717, 1.165) is 60.6 Å². The fourth-order valence-electron chi connectivity index (χ4n) is 8.43. The first-order valence-electron chi connectivity index (χ1n) is 18.7. The van der Waals surface area contributed by atoms with Crippen LogP contribution >= 0.6 is 0 Å². The summed E-state index contributed by atoms with van der Waals surface area (Å²) in [4.78, 5) is 9.38. The molecule has 56 heavy (non-hydrogen) atoms. The summed E-state index contributed by atoms with van der Waals surface area (Å²) < 4.78 is 4.57. The predicted molar refractivity (Wildman–Crippen MR) is 229 cm³/mol. The van der Waals surface area contributed by atoms with E-state index in [-0.39, 0.29) is 0 Å². The number of benzene rings is 7. The maximum absolute atomic E-state index is 10.3. The summed E-state index contributed by atoms with van der Waals surface area (Å²) in [5, 5.41) is 15.8. The highest BCUT2D eigenvalue weighted by Crippen LogP contribution is 2.39. The molecule has 7 aromatic carbocycles. The smallest absolute Gasteiger partial charge is 0.139 e. The van der Waals surface area contributed by atoms with Gasteiger partial charge in [-0.05, 0) is 106 Å². The molecule has 11 aromatic rings. The van der Waals surface area contributed by atoms with Gasteiger partial charge in [-0.3, -0.25) is 9.55 Å². The first-order chi connectivity index (χ1) is 27.7. The van der Waals surface area contributed by atoms with Gasteiger partial charge in [0.1, 0.15) is 5.82 Å². The Morgan fingerprint density at radius 2 is 0.946 bits per heavy atom. The van der Waals surface area contributed by atoms with E-state index in [9.17, 15) is 5.26 Å². The molecule has 4 aromatic heterocycles. The Hall–Kier alpha value is -7.81. The number of nitrogens with zero attached hydrogens (tertiary/aromatic N) is 5. The molecule has 0 fully saturated rings. The molecule has 0 unspecified atom stereocenters. The molecule has 0 spiro atoms. The van der Waals surface area contributed by atoms with Gasteiger partial charge in [0.25, 0.3) is 0 Å². The molecule has 0 radical (unpaired) electrons. The highest BCUT2D eigenvalue weighted by Gasteiger charge is 2.18. The number of aromatic nitrogens is 4. The third-order valence-electron chi connectivity index (χ3n) is 11.0. The van der Waals surface area contributed by atoms with E-state index < -0.39 is 0 Å². The summed E-state index contributed by atoms with van der Waals surface area (Å²) in [6.45, 7) is 0. The molecule has 5 heteroatoms. The molecule has 4 heterocycles. The van der Waals surface area contributed by atoms with Crippen molar-refractivity contribution in [1.29, 1.82) is 5.26 Å². The summed E-state index contributed by atoms with van der Waals surface area (Å²) in [5.41, 5.74) is 13.7. The van der Waals surface area contributed by atoms with Crippen molar-refractivity contribution in [3.05, 3.63) is 194 Å². The van der Waals surface area contributed by atoms with Crippen LogP contribution in [0, 0.1) is 11.3 Å². The fraction of sp³-hybridized carbons (Fsp3) is 0. The van der Waals surface area contributed by atoms with Crippen molar-refractivity contribution in [2.75, 3.05) is 0 Å². The van der Waals surface area contributed by atoms with Crippen LogP contribution in [-0.4, -0.2) is 19.1 Å². The number of hydrogen-bond acceptors (Lipinski definition) is 3. The Morgan fingerprint density at radius 3 is 1.66 bits per heavy atom. The second kappa shape index (κ2) is 12.7. The van der Waals surface area contributed by atoms with Gasteiger partial charge in [-0.15, -0.1) is 0 Å². The van der Waals surface area contributed by atoms with Crippen molar-refractivity contribution in [2.45, 2.75) is 0 Å². The van der Waals surface area contributed by atoms with Crippen LogP contribution in [-0.2, 0) is 0 Å². The zero-order valence-corrected chi connectivity index (χ0v) is 30.1. The first-order valence-corrected chi connectivity index (χ1v) is 18.7. The quantitative estimate of drug-likeness (QED) is 0.178. The Morgan fingerprint density at radius 1 is 0.393 bits per heavy atom. The highest BCUT2D eigenvalue weighted by molar-refractivity contribution is 6.13. The molecule has 0 aliphatic carbocycles. The lowest BCUT2D eigenvalue weighted by Crippen LogP contribution is -1.99. The molecular formula is C51H31N5. The predicted octanol–water partition coefficient (Wildman–Crippen LogP) is 12.7. The van der Waals surface area contributed by atoms with E-state index in [1.54, 1.807) is 12.4 Å². The van der Waals surface area contributed by atoms with Crippen LogP contribution in [0.15, 0.2) is 188 Å². The standard InChI is InChI=1S/C51H31N5/c52-32-39-31-51(54-46-30-38(17-20-41(39)46)34-23-25-53-26-24-34)56-48-16-7-5-14-43(48)45-29-37(19-22-50(45)56)36-18-21-49-44(28-36)42-13-4-6-15-47(42)55(49)40-12-8-11-35(27-40)33-9-2-1-3-10-33/h1-31H. The maximum Gasteiger partial charge on any atom is 0.139 e. The van der Waals surface area contributed by atoms with Gasteiger partial charge in [-0.2, -0.15) is 5.26 Å². The van der Waals surface area contributed by atoms with Crippen LogP contribution in [0.4, 0.5) is 0 Å². The van der Waals surface area contributed by atoms with Crippen molar-refractivity contribution in [3.8, 4) is 51.0 Å². The number of fused-ring (bicyclic) bond motifs is 7. The van der Waals surface area contributed by atoms with Crippen LogP contribution in [0.3, 0.4) is 0 Å². The number of pyridine rings is 2. The van der Waals surface area contributed by atoms with Crippen LogP contribution < -0.4 is 0 Å².